The van der Waals surface area contributed by atoms with Crippen molar-refractivity contribution in [2.75, 3.05) is 0 Å². The lowest BCUT2D eigenvalue weighted by Gasteiger charge is -2.32. The van der Waals surface area contributed by atoms with E-state index in [1.807, 2.05) is 0 Å². The van der Waals surface area contributed by atoms with Crippen molar-refractivity contribution in [3.8, 4) is 0 Å². The van der Waals surface area contributed by atoms with Gasteiger partial charge in [-0.2, -0.15) is 0 Å². The van der Waals surface area contributed by atoms with E-state index in [1.165, 1.54) is 25.7 Å². The molecule has 1 radical (unpaired) electrons. The highest BCUT2D eigenvalue weighted by molar-refractivity contribution is 5.00. The van der Waals surface area contributed by atoms with Crippen molar-refractivity contribution < 1.29 is 0 Å². The van der Waals surface area contributed by atoms with Crippen molar-refractivity contribution in [2.24, 2.45) is 5.41 Å². The van der Waals surface area contributed by atoms with Gasteiger partial charge in [0.05, 0.1) is 0 Å². The Balaban J connectivity index is 3.99. The summed E-state index contributed by atoms with van der Waals surface area (Å²) in [5.74, 6) is 1.74. The standard InChI is InChI=1S/C11H23/c1-6-9-10(7-2)11(4,5)8-3/h6-9H2,1-5H3. The fraction of sp³-hybridized carbons (Fsp3) is 0.909. The summed E-state index contributed by atoms with van der Waals surface area (Å²) in [5, 5.41) is 0. The number of hydrogen-bond acceptors (Lipinski definition) is 0. The van der Waals surface area contributed by atoms with Crippen LogP contribution in [-0.2, 0) is 0 Å². The fourth-order valence-electron chi connectivity index (χ4n) is 1.55. The van der Waals surface area contributed by atoms with Crippen molar-refractivity contribution >= 4 is 0 Å². The van der Waals surface area contributed by atoms with Gasteiger partial charge in [0.15, 0.2) is 0 Å². The van der Waals surface area contributed by atoms with Crippen LogP contribution in [0.1, 0.15) is 60.3 Å². The van der Waals surface area contributed by atoms with Crippen molar-refractivity contribution in [3.05, 3.63) is 5.92 Å². The first-order valence-electron chi connectivity index (χ1n) is 4.93. The Hall–Kier alpha value is 0. The van der Waals surface area contributed by atoms with Crippen molar-refractivity contribution in [1.82, 2.24) is 0 Å². The van der Waals surface area contributed by atoms with Gasteiger partial charge in [-0.15, -0.1) is 0 Å². The first-order valence-corrected chi connectivity index (χ1v) is 4.93. The predicted octanol–water partition coefficient (Wildman–Crippen LogP) is 4.21. The molecule has 0 aliphatic carbocycles. The highest BCUT2D eigenvalue weighted by Gasteiger charge is 2.25. The molecule has 0 saturated carbocycles. The molecule has 0 N–H and O–H groups in total. The average Bonchev–Trinajstić information content (AvgIpc) is 2.00. The molecule has 11 heavy (non-hydrogen) atoms. The zero-order valence-corrected chi connectivity index (χ0v) is 8.83. The minimum Gasteiger partial charge on any atom is -0.0654 e. The van der Waals surface area contributed by atoms with Crippen LogP contribution < -0.4 is 0 Å². The van der Waals surface area contributed by atoms with Gasteiger partial charge in [0, 0.05) is 0 Å². The van der Waals surface area contributed by atoms with E-state index in [1.54, 1.807) is 5.92 Å². The van der Waals surface area contributed by atoms with Crippen molar-refractivity contribution in [2.45, 2.75) is 60.3 Å². The molecule has 0 heteroatoms. The molecule has 0 aliphatic rings. The molecule has 0 saturated heterocycles. The molecule has 0 aliphatic heterocycles. The maximum atomic E-state index is 2.36. The summed E-state index contributed by atoms with van der Waals surface area (Å²) in [7, 11) is 0. The molecule has 0 unspecified atom stereocenters. The molecule has 0 fully saturated rings. The summed E-state index contributed by atoms with van der Waals surface area (Å²) in [4.78, 5) is 0. The van der Waals surface area contributed by atoms with E-state index in [4.69, 9.17) is 0 Å². The second kappa shape index (κ2) is 4.79. The third-order valence-electron chi connectivity index (χ3n) is 2.82. The Morgan fingerprint density at radius 2 is 1.64 bits per heavy atom. The molecular weight excluding hydrogens is 132 g/mol. The number of hydrogen-bond donors (Lipinski definition) is 0. The van der Waals surface area contributed by atoms with E-state index in [9.17, 15) is 0 Å². The normalized spacial score (nSPS) is 12.5. The second-order valence-corrected chi connectivity index (χ2v) is 3.94. The monoisotopic (exact) mass is 155 g/mol. The van der Waals surface area contributed by atoms with E-state index >= 15 is 0 Å². The van der Waals surface area contributed by atoms with Gasteiger partial charge in [0.25, 0.3) is 0 Å². The Kier molecular flexibility index (Phi) is 4.79. The SMILES string of the molecule is CCC[C](CC)C(C)(C)CC. The highest BCUT2D eigenvalue weighted by Crippen LogP contribution is 2.37. The zero-order chi connectivity index (χ0) is 8.91. The average molecular weight is 155 g/mol. The zero-order valence-electron chi connectivity index (χ0n) is 8.83. The molecule has 67 valence electrons. The van der Waals surface area contributed by atoms with Crippen LogP contribution in [0.2, 0.25) is 0 Å². The van der Waals surface area contributed by atoms with Crippen LogP contribution in [0.5, 0.6) is 0 Å². The second-order valence-electron chi connectivity index (χ2n) is 3.94. The minimum absolute atomic E-state index is 0.477. The van der Waals surface area contributed by atoms with Crippen LogP contribution in [0, 0.1) is 11.3 Å². The predicted molar refractivity (Wildman–Crippen MR) is 52.5 cm³/mol. The lowest BCUT2D eigenvalue weighted by Crippen LogP contribution is -2.20. The quantitative estimate of drug-likeness (QED) is 0.558. The van der Waals surface area contributed by atoms with E-state index in [-0.39, 0.29) is 0 Å². The summed E-state index contributed by atoms with van der Waals surface area (Å²) in [6, 6.07) is 0. The fourth-order valence-corrected chi connectivity index (χ4v) is 1.55. The Labute approximate surface area is 72.4 Å². The Morgan fingerprint density at radius 3 is 1.91 bits per heavy atom. The molecule has 0 aromatic carbocycles. The lowest BCUT2D eigenvalue weighted by molar-refractivity contribution is 0.335. The maximum absolute atomic E-state index is 2.36. The van der Waals surface area contributed by atoms with Gasteiger partial charge in [-0.1, -0.05) is 47.5 Å². The molecule has 0 aromatic heterocycles. The molecule has 0 bridgehead atoms. The summed E-state index contributed by atoms with van der Waals surface area (Å²) in [6.45, 7) is 11.6. The molecule has 0 spiro atoms. The molecule has 0 rings (SSSR count). The lowest BCUT2D eigenvalue weighted by atomic mass is 9.73. The minimum atomic E-state index is 0.477. The van der Waals surface area contributed by atoms with Gasteiger partial charge in [0.1, 0.15) is 0 Å². The van der Waals surface area contributed by atoms with Crippen molar-refractivity contribution in [3.63, 3.8) is 0 Å². The van der Waals surface area contributed by atoms with Crippen LogP contribution >= 0.6 is 0 Å². The topological polar surface area (TPSA) is 0 Å². The smallest absolute Gasteiger partial charge is 0.0188 e. The van der Waals surface area contributed by atoms with Gasteiger partial charge in [0.2, 0.25) is 0 Å². The summed E-state index contributed by atoms with van der Waals surface area (Å²) < 4.78 is 0. The van der Waals surface area contributed by atoms with Gasteiger partial charge >= 0.3 is 0 Å². The van der Waals surface area contributed by atoms with E-state index in [0.29, 0.717) is 5.41 Å². The molecule has 0 heterocycles. The van der Waals surface area contributed by atoms with Gasteiger partial charge in [-0.3, -0.25) is 0 Å². The molecule has 0 amide bonds. The van der Waals surface area contributed by atoms with Crippen LogP contribution in [0.3, 0.4) is 0 Å². The van der Waals surface area contributed by atoms with Crippen LogP contribution in [-0.4, -0.2) is 0 Å². The van der Waals surface area contributed by atoms with Gasteiger partial charge < -0.3 is 0 Å². The largest absolute Gasteiger partial charge is 0.0654 e. The van der Waals surface area contributed by atoms with Crippen LogP contribution in [0.4, 0.5) is 0 Å². The summed E-state index contributed by atoms with van der Waals surface area (Å²) in [6.07, 6.45) is 5.15. The Morgan fingerprint density at radius 1 is 1.09 bits per heavy atom. The van der Waals surface area contributed by atoms with Crippen molar-refractivity contribution in [1.29, 1.82) is 0 Å². The maximum Gasteiger partial charge on any atom is -0.0188 e. The molecule has 0 atom stereocenters. The number of rotatable bonds is 5. The molecule has 0 nitrogen and oxygen atoms in total. The van der Waals surface area contributed by atoms with Crippen LogP contribution in [0.15, 0.2) is 0 Å². The van der Waals surface area contributed by atoms with Gasteiger partial charge in [-0.25, -0.2) is 0 Å². The highest BCUT2D eigenvalue weighted by atomic mass is 14.3. The summed E-state index contributed by atoms with van der Waals surface area (Å²) in [5.41, 5.74) is 0.477. The first-order chi connectivity index (χ1) is 5.08. The van der Waals surface area contributed by atoms with E-state index in [2.05, 4.69) is 34.6 Å². The summed E-state index contributed by atoms with van der Waals surface area (Å²) >= 11 is 0. The van der Waals surface area contributed by atoms with Gasteiger partial charge in [-0.05, 0) is 24.2 Å². The first kappa shape index (κ1) is 11.0. The molecule has 0 aromatic rings. The molecular formula is C11H23. The van der Waals surface area contributed by atoms with Crippen LogP contribution in [0.25, 0.3) is 0 Å². The third-order valence-corrected chi connectivity index (χ3v) is 2.82. The van der Waals surface area contributed by atoms with E-state index in [0.717, 1.165) is 0 Å². The Bertz CT molecular complexity index is 92.2. The van der Waals surface area contributed by atoms with E-state index < -0.39 is 0 Å². The third kappa shape index (κ3) is 3.27.